The van der Waals surface area contributed by atoms with Gasteiger partial charge in [-0.3, -0.25) is 0 Å². The van der Waals surface area contributed by atoms with Crippen molar-refractivity contribution in [2.24, 2.45) is 0 Å². The second-order valence-electron chi connectivity index (χ2n) is 6.54. The van der Waals surface area contributed by atoms with Crippen LogP contribution in [0, 0.1) is 11.6 Å². The van der Waals surface area contributed by atoms with Gasteiger partial charge in [-0.1, -0.05) is 17.7 Å². The Bertz CT molecular complexity index is 1180. The van der Waals surface area contributed by atoms with E-state index in [9.17, 15) is 26.7 Å². The van der Waals surface area contributed by atoms with Crippen molar-refractivity contribution < 1.29 is 31.9 Å². The van der Waals surface area contributed by atoms with Crippen LogP contribution < -0.4 is 4.90 Å². The number of carbonyl (C=O) groups is 1. The van der Waals surface area contributed by atoms with Gasteiger partial charge < -0.3 is 10.0 Å². The van der Waals surface area contributed by atoms with Crippen molar-refractivity contribution in [2.45, 2.75) is 11.1 Å². The van der Waals surface area contributed by atoms with Crippen LogP contribution in [0.1, 0.15) is 15.9 Å². The van der Waals surface area contributed by atoms with E-state index in [1.54, 1.807) is 0 Å². The Morgan fingerprint density at radius 1 is 1.00 bits per heavy atom. The van der Waals surface area contributed by atoms with E-state index in [2.05, 4.69) is 12.6 Å². The number of halogens is 6. The van der Waals surface area contributed by atoms with Crippen LogP contribution in [0.4, 0.5) is 33.3 Å². The highest BCUT2D eigenvalue weighted by Gasteiger charge is 2.31. The molecule has 31 heavy (non-hydrogen) atoms. The molecule has 3 rings (SSSR count). The van der Waals surface area contributed by atoms with Gasteiger partial charge in [0.2, 0.25) is 0 Å². The number of carboxylic acids is 1. The van der Waals surface area contributed by atoms with Crippen molar-refractivity contribution in [3.63, 3.8) is 0 Å². The number of hydrogen-bond donors (Lipinski definition) is 2. The molecule has 0 saturated carbocycles. The second kappa shape index (κ2) is 8.39. The number of hydrogen-bond acceptors (Lipinski definition) is 3. The molecular formula is C21H13ClF5NO2S. The van der Waals surface area contributed by atoms with Gasteiger partial charge in [0.05, 0.1) is 27.5 Å². The second-order valence-corrected chi connectivity index (χ2v) is 7.43. The zero-order valence-corrected chi connectivity index (χ0v) is 17.3. The van der Waals surface area contributed by atoms with E-state index < -0.39 is 34.9 Å². The quantitative estimate of drug-likeness (QED) is 0.315. The number of benzene rings is 3. The first-order chi connectivity index (χ1) is 14.4. The molecular weight excluding hydrogens is 461 g/mol. The highest BCUT2D eigenvalue weighted by molar-refractivity contribution is 7.80. The maximum Gasteiger partial charge on any atom is 0.416 e. The van der Waals surface area contributed by atoms with Crippen LogP contribution in [0.25, 0.3) is 11.1 Å². The minimum Gasteiger partial charge on any atom is -0.478 e. The topological polar surface area (TPSA) is 40.5 Å². The molecule has 0 aromatic heterocycles. The van der Waals surface area contributed by atoms with E-state index >= 15 is 0 Å². The summed E-state index contributed by atoms with van der Waals surface area (Å²) >= 11 is 10.7. The number of alkyl halides is 3. The summed E-state index contributed by atoms with van der Waals surface area (Å²) in [6.45, 7) is 0. The Kier molecular flexibility index (Phi) is 6.20. The zero-order chi connectivity index (χ0) is 23.1. The Hall–Kier alpha value is -2.78. The summed E-state index contributed by atoms with van der Waals surface area (Å²) in [6.07, 6.45) is -4.68. The third-order valence-corrected chi connectivity index (χ3v) is 5.24. The van der Waals surface area contributed by atoms with Crippen molar-refractivity contribution in [2.75, 3.05) is 11.9 Å². The van der Waals surface area contributed by atoms with Crippen LogP contribution in [0.15, 0.2) is 53.4 Å². The first-order valence-corrected chi connectivity index (χ1v) is 9.39. The molecule has 0 unspecified atom stereocenters. The van der Waals surface area contributed by atoms with Crippen molar-refractivity contribution in [1.29, 1.82) is 0 Å². The molecule has 0 radical (unpaired) electrons. The average Bonchev–Trinajstić information content (AvgIpc) is 2.68. The molecule has 1 N–H and O–H groups in total. The van der Waals surface area contributed by atoms with Crippen LogP contribution in [-0.4, -0.2) is 18.1 Å². The minimum atomic E-state index is -4.68. The molecule has 3 nitrogen and oxygen atoms in total. The van der Waals surface area contributed by atoms with Gasteiger partial charge in [0.15, 0.2) is 0 Å². The number of aromatic carboxylic acids is 1. The molecule has 0 fully saturated rings. The predicted octanol–water partition coefficient (Wildman–Crippen LogP) is 7.06. The maximum atomic E-state index is 14.4. The third kappa shape index (κ3) is 4.62. The lowest BCUT2D eigenvalue weighted by Gasteiger charge is -2.23. The number of nitrogens with zero attached hydrogens (tertiary/aromatic N) is 1. The zero-order valence-electron chi connectivity index (χ0n) is 15.6. The standard InChI is InChI=1S/C21H13ClF5NO2S/c1-28(17-5-3-11(7-16(17)24)21(25,26)27)18-9-14(22)12(8-19(18)31)10-2-4-15(23)13(6-10)20(29)30/h2-9,31H,1H3,(H,29,30). The fourth-order valence-electron chi connectivity index (χ4n) is 2.98. The van der Waals surface area contributed by atoms with Crippen LogP contribution in [0.2, 0.25) is 5.02 Å². The molecule has 0 heterocycles. The highest BCUT2D eigenvalue weighted by atomic mass is 35.5. The Morgan fingerprint density at radius 2 is 1.68 bits per heavy atom. The van der Waals surface area contributed by atoms with E-state index in [-0.39, 0.29) is 21.3 Å². The van der Waals surface area contributed by atoms with Crippen LogP contribution in [0.5, 0.6) is 0 Å². The van der Waals surface area contributed by atoms with Crippen LogP contribution in [0.3, 0.4) is 0 Å². The van der Waals surface area contributed by atoms with Gasteiger partial charge in [0.25, 0.3) is 0 Å². The lowest BCUT2D eigenvalue weighted by Crippen LogP contribution is -2.14. The van der Waals surface area contributed by atoms with Gasteiger partial charge in [0.1, 0.15) is 11.6 Å². The molecule has 0 atom stereocenters. The van der Waals surface area contributed by atoms with E-state index in [0.717, 1.165) is 24.3 Å². The molecule has 0 bridgehead atoms. The summed E-state index contributed by atoms with van der Waals surface area (Å²) in [5.41, 5.74) is -0.846. The maximum absolute atomic E-state index is 14.4. The summed E-state index contributed by atoms with van der Waals surface area (Å²) in [6, 6.07) is 8.47. The number of thiol groups is 1. The molecule has 10 heteroatoms. The number of carboxylic acid groups (broad SMARTS) is 1. The first kappa shape index (κ1) is 22.9. The van der Waals surface area contributed by atoms with Crippen LogP contribution >= 0.6 is 24.2 Å². The largest absolute Gasteiger partial charge is 0.478 e. The molecule has 0 saturated heterocycles. The lowest BCUT2D eigenvalue weighted by atomic mass is 10.0. The van der Waals surface area contributed by atoms with Gasteiger partial charge in [-0.15, -0.1) is 12.6 Å². The summed E-state index contributed by atoms with van der Waals surface area (Å²) < 4.78 is 66.4. The minimum absolute atomic E-state index is 0.120. The molecule has 0 aliphatic carbocycles. The van der Waals surface area contributed by atoms with E-state index in [1.165, 1.54) is 30.1 Å². The SMILES string of the molecule is CN(c1ccc(C(F)(F)F)cc1F)c1cc(Cl)c(-c2ccc(F)c(C(=O)O)c2)cc1S. The monoisotopic (exact) mass is 473 g/mol. The average molecular weight is 474 g/mol. The molecule has 3 aromatic carbocycles. The van der Waals surface area contributed by atoms with E-state index in [1.807, 2.05) is 0 Å². The summed E-state index contributed by atoms with van der Waals surface area (Å²) in [7, 11) is 1.43. The summed E-state index contributed by atoms with van der Waals surface area (Å²) in [5.74, 6) is -3.45. The smallest absolute Gasteiger partial charge is 0.416 e. The summed E-state index contributed by atoms with van der Waals surface area (Å²) in [4.78, 5) is 12.7. The van der Waals surface area contributed by atoms with Gasteiger partial charge >= 0.3 is 12.1 Å². The normalized spacial score (nSPS) is 11.5. The Morgan fingerprint density at radius 3 is 2.26 bits per heavy atom. The fourth-order valence-corrected chi connectivity index (χ4v) is 3.59. The molecule has 162 valence electrons. The Labute approximate surface area is 184 Å². The van der Waals surface area contributed by atoms with Crippen LogP contribution in [-0.2, 0) is 6.18 Å². The van der Waals surface area contributed by atoms with Gasteiger partial charge in [-0.2, -0.15) is 13.2 Å². The molecule has 0 spiro atoms. The summed E-state index contributed by atoms with van der Waals surface area (Å²) in [5, 5.41) is 9.22. The van der Waals surface area contributed by atoms with Crippen molar-refractivity contribution in [1.82, 2.24) is 0 Å². The van der Waals surface area contributed by atoms with Crippen molar-refractivity contribution in [3.8, 4) is 11.1 Å². The Balaban J connectivity index is 2.03. The number of rotatable bonds is 4. The molecule has 0 aliphatic rings. The molecule has 3 aromatic rings. The molecule has 0 amide bonds. The predicted molar refractivity (Wildman–Crippen MR) is 111 cm³/mol. The van der Waals surface area contributed by atoms with E-state index in [4.69, 9.17) is 16.7 Å². The van der Waals surface area contributed by atoms with Gasteiger partial charge in [0, 0.05) is 17.5 Å². The van der Waals surface area contributed by atoms with Gasteiger partial charge in [-0.25, -0.2) is 13.6 Å². The molecule has 0 aliphatic heterocycles. The fraction of sp³-hybridized carbons (Fsp3) is 0.0952. The lowest BCUT2D eigenvalue weighted by molar-refractivity contribution is -0.137. The van der Waals surface area contributed by atoms with E-state index in [0.29, 0.717) is 17.2 Å². The van der Waals surface area contributed by atoms with Gasteiger partial charge in [-0.05, 0) is 48.0 Å². The highest BCUT2D eigenvalue weighted by Crippen LogP contribution is 2.40. The number of anilines is 2. The van der Waals surface area contributed by atoms with Crippen molar-refractivity contribution in [3.05, 3.63) is 76.3 Å². The third-order valence-electron chi connectivity index (χ3n) is 4.57. The van der Waals surface area contributed by atoms with Crippen molar-refractivity contribution >= 4 is 41.6 Å². The first-order valence-electron chi connectivity index (χ1n) is 8.56.